The molecule has 1 N–H and O–H groups in total. The number of nitrogens with one attached hydrogen (secondary N) is 1. The highest BCUT2D eigenvalue weighted by Gasteiger charge is 2.07. The predicted octanol–water partition coefficient (Wildman–Crippen LogP) is 3.35. The second-order valence-electron chi connectivity index (χ2n) is 5.26. The maximum absolute atomic E-state index is 12.1. The van der Waals surface area contributed by atoms with E-state index in [-0.39, 0.29) is 5.91 Å². The minimum Gasteiger partial charge on any atom is -0.491 e. The van der Waals surface area contributed by atoms with E-state index >= 15 is 0 Å². The van der Waals surface area contributed by atoms with Gasteiger partial charge in [0.25, 0.3) is 5.91 Å². The highest BCUT2D eigenvalue weighted by Crippen LogP contribution is 2.15. The van der Waals surface area contributed by atoms with Crippen LogP contribution < -0.4 is 10.1 Å². The van der Waals surface area contributed by atoms with Crippen molar-refractivity contribution in [3.8, 4) is 5.75 Å². The summed E-state index contributed by atoms with van der Waals surface area (Å²) in [6.07, 6.45) is 0. The van der Waals surface area contributed by atoms with Gasteiger partial charge in [0.15, 0.2) is 0 Å². The van der Waals surface area contributed by atoms with Crippen LogP contribution in [0.5, 0.6) is 5.75 Å². The van der Waals surface area contributed by atoms with Gasteiger partial charge < -0.3 is 10.1 Å². The van der Waals surface area contributed by atoms with Crippen LogP contribution >= 0.6 is 0 Å². The van der Waals surface area contributed by atoms with E-state index in [0.29, 0.717) is 18.8 Å². The molecule has 3 aromatic rings. The summed E-state index contributed by atoms with van der Waals surface area (Å²) >= 11 is 0. The first-order valence-corrected chi connectivity index (χ1v) is 7.56. The van der Waals surface area contributed by atoms with Gasteiger partial charge in [0.2, 0.25) is 0 Å². The normalized spacial score (nSPS) is 10.5. The second-order valence-corrected chi connectivity index (χ2v) is 5.26. The molecule has 0 radical (unpaired) electrons. The Morgan fingerprint density at radius 2 is 1.83 bits per heavy atom. The molecule has 0 bridgehead atoms. The maximum atomic E-state index is 12.1. The van der Waals surface area contributed by atoms with Crippen molar-refractivity contribution in [1.82, 2.24) is 10.3 Å². The van der Waals surface area contributed by atoms with Gasteiger partial charge in [-0.1, -0.05) is 42.5 Å². The third kappa shape index (κ3) is 3.66. The quantitative estimate of drug-likeness (QED) is 0.735. The predicted molar refractivity (Wildman–Crippen MR) is 90.8 cm³/mol. The van der Waals surface area contributed by atoms with Gasteiger partial charge in [-0.05, 0) is 30.7 Å². The Morgan fingerprint density at radius 3 is 2.70 bits per heavy atom. The van der Waals surface area contributed by atoms with Gasteiger partial charge in [0, 0.05) is 5.39 Å². The van der Waals surface area contributed by atoms with Crippen LogP contribution in [0.4, 0.5) is 0 Å². The SMILES string of the molecule is Cc1ccccc1OCCNC(=O)c1ccc2ccccc2n1. The fourth-order valence-electron chi connectivity index (χ4n) is 2.33. The van der Waals surface area contributed by atoms with Gasteiger partial charge in [-0.25, -0.2) is 4.98 Å². The highest BCUT2D eigenvalue weighted by molar-refractivity contribution is 5.94. The first kappa shape index (κ1) is 15.0. The van der Waals surface area contributed by atoms with Gasteiger partial charge in [-0.2, -0.15) is 0 Å². The number of pyridine rings is 1. The third-order valence-electron chi connectivity index (χ3n) is 3.57. The molecule has 23 heavy (non-hydrogen) atoms. The Balaban J connectivity index is 1.55. The molecule has 0 aliphatic rings. The number of ether oxygens (including phenoxy) is 1. The summed E-state index contributed by atoms with van der Waals surface area (Å²) in [4.78, 5) is 16.5. The molecule has 4 nitrogen and oxygen atoms in total. The number of carbonyl (C=O) groups is 1. The Morgan fingerprint density at radius 1 is 1.04 bits per heavy atom. The number of rotatable bonds is 5. The molecule has 0 saturated carbocycles. The number of benzene rings is 2. The lowest BCUT2D eigenvalue weighted by molar-refractivity contribution is 0.0942. The third-order valence-corrected chi connectivity index (χ3v) is 3.57. The largest absolute Gasteiger partial charge is 0.491 e. The van der Waals surface area contributed by atoms with E-state index in [2.05, 4.69) is 10.3 Å². The number of aromatic nitrogens is 1. The van der Waals surface area contributed by atoms with E-state index < -0.39 is 0 Å². The molecular weight excluding hydrogens is 288 g/mol. The standard InChI is InChI=1S/C19H18N2O2/c1-14-6-2-5-9-18(14)23-13-12-20-19(22)17-11-10-15-7-3-4-8-16(15)21-17/h2-11H,12-13H2,1H3,(H,20,22). The van der Waals surface area contributed by atoms with Crippen LogP contribution in [0.1, 0.15) is 16.1 Å². The lowest BCUT2D eigenvalue weighted by atomic mass is 10.2. The molecule has 0 unspecified atom stereocenters. The Bertz CT molecular complexity index is 830. The van der Waals surface area contributed by atoms with E-state index in [9.17, 15) is 4.79 Å². The van der Waals surface area contributed by atoms with E-state index in [1.165, 1.54) is 0 Å². The van der Waals surface area contributed by atoms with Crippen LogP contribution in [-0.2, 0) is 0 Å². The number of fused-ring (bicyclic) bond motifs is 1. The molecule has 1 aromatic heterocycles. The Labute approximate surface area is 135 Å². The summed E-state index contributed by atoms with van der Waals surface area (Å²) in [6, 6.07) is 19.2. The number of nitrogens with zero attached hydrogens (tertiary/aromatic N) is 1. The Kier molecular flexibility index (Phi) is 4.52. The smallest absolute Gasteiger partial charge is 0.270 e. The van der Waals surface area contributed by atoms with Gasteiger partial charge >= 0.3 is 0 Å². The first-order valence-electron chi connectivity index (χ1n) is 7.56. The van der Waals surface area contributed by atoms with Crippen molar-refractivity contribution in [3.63, 3.8) is 0 Å². The summed E-state index contributed by atoms with van der Waals surface area (Å²) in [5.74, 6) is 0.648. The molecule has 0 spiro atoms. The lowest BCUT2D eigenvalue weighted by Crippen LogP contribution is -2.28. The highest BCUT2D eigenvalue weighted by atomic mass is 16.5. The van der Waals surface area contributed by atoms with Crippen molar-refractivity contribution in [2.45, 2.75) is 6.92 Å². The van der Waals surface area contributed by atoms with Gasteiger partial charge in [0.05, 0.1) is 12.1 Å². The zero-order valence-electron chi connectivity index (χ0n) is 13.0. The van der Waals surface area contributed by atoms with Crippen LogP contribution in [0.15, 0.2) is 60.7 Å². The van der Waals surface area contributed by atoms with Gasteiger partial charge in [0.1, 0.15) is 18.1 Å². The average Bonchev–Trinajstić information content (AvgIpc) is 2.59. The lowest BCUT2D eigenvalue weighted by Gasteiger charge is -2.09. The van der Waals surface area contributed by atoms with Crippen LogP contribution in [0.2, 0.25) is 0 Å². The van der Waals surface area contributed by atoms with Crippen molar-refractivity contribution in [2.24, 2.45) is 0 Å². The zero-order chi connectivity index (χ0) is 16.1. The van der Waals surface area contributed by atoms with Crippen molar-refractivity contribution in [3.05, 3.63) is 71.9 Å². The topological polar surface area (TPSA) is 51.2 Å². The van der Waals surface area contributed by atoms with Gasteiger partial charge in [-0.15, -0.1) is 0 Å². The summed E-state index contributed by atoms with van der Waals surface area (Å²) in [5, 5.41) is 3.85. The van der Waals surface area contributed by atoms with E-state index in [1.807, 2.05) is 61.5 Å². The van der Waals surface area contributed by atoms with Crippen molar-refractivity contribution in [1.29, 1.82) is 0 Å². The second kappa shape index (κ2) is 6.92. The molecule has 2 aromatic carbocycles. The molecular formula is C19H18N2O2. The number of hydrogen-bond donors (Lipinski definition) is 1. The summed E-state index contributed by atoms with van der Waals surface area (Å²) in [5.41, 5.74) is 2.31. The van der Waals surface area contributed by atoms with Crippen LogP contribution in [0.25, 0.3) is 10.9 Å². The molecule has 0 atom stereocenters. The van der Waals surface area contributed by atoms with Crippen molar-refractivity contribution >= 4 is 16.8 Å². The van der Waals surface area contributed by atoms with Crippen LogP contribution in [0, 0.1) is 6.92 Å². The first-order chi connectivity index (χ1) is 11.2. The van der Waals surface area contributed by atoms with Gasteiger partial charge in [-0.3, -0.25) is 4.79 Å². The molecule has 0 aliphatic heterocycles. The molecule has 1 amide bonds. The maximum Gasteiger partial charge on any atom is 0.270 e. The zero-order valence-corrected chi connectivity index (χ0v) is 13.0. The van der Waals surface area contributed by atoms with E-state index in [0.717, 1.165) is 22.2 Å². The fraction of sp³-hybridized carbons (Fsp3) is 0.158. The number of aryl methyl sites for hydroxylation is 1. The monoisotopic (exact) mass is 306 g/mol. The van der Waals surface area contributed by atoms with Crippen molar-refractivity contribution in [2.75, 3.05) is 13.2 Å². The molecule has 0 saturated heterocycles. The minimum absolute atomic E-state index is 0.191. The number of hydrogen-bond acceptors (Lipinski definition) is 3. The molecule has 116 valence electrons. The average molecular weight is 306 g/mol. The van der Waals surface area contributed by atoms with Crippen LogP contribution in [0.3, 0.4) is 0 Å². The molecule has 1 heterocycles. The number of amides is 1. The molecule has 0 aliphatic carbocycles. The summed E-state index contributed by atoms with van der Waals surface area (Å²) in [7, 11) is 0. The molecule has 3 rings (SSSR count). The van der Waals surface area contributed by atoms with Crippen molar-refractivity contribution < 1.29 is 9.53 Å². The summed E-state index contributed by atoms with van der Waals surface area (Å²) < 4.78 is 5.66. The minimum atomic E-state index is -0.191. The van der Waals surface area contributed by atoms with Crippen LogP contribution in [-0.4, -0.2) is 24.0 Å². The molecule has 4 heteroatoms. The Hall–Kier alpha value is -2.88. The number of para-hydroxylation sites is 2. The number of carbonyl (C=O) groups excluding carboxylic acids is 1. The fourth-order valence-corrected chi connectivity index (χ4v) is 2.33. The van der Waals surface area contributed by atoms with E-state index in [1.54, 1.807) is 6.07 Å². The summed E-state index contributed by atoms with van der Waals surface area (Å²) in [6.45, 7) is 2.85. The van der Waals surface area contributed by atoms with E-state index in [4.69, 9.17) is 4.74 Å². The molecule has 0 fully saturated rings.